The summed E-state index contributed by atoms with van der Waals surface area (Å²) in [5.41, 5.74) is 1.47. The van der Waals surface area contributed by atoms with Gasteiger partial charge in [0.15, 0.2) is 0 Å². The monoisotopic (exact) mass is 408 g/mol. The highest BCUT2D eigenvalue weighted by atomic mass is 16.3. The van der Waals surface area contributed by atoms with Crippen LogP contribution in [0.25, 0.3) is 6.08 Å². The molecule has 1 heterocycles. The van der Waals surface area contributed by atoms with Gasteiger partial charge in [0.1, 0.15) is 23.2 Å². The summed E-state index contributed by atoms with van der Waals surface area (Å²) >= 11 is 0. The van der Waals surface area contributed by atoms with E-state index in [1.165, 1.54) is 6.08 Å². The minimum atomic E-state index is -0.810. The molecule has 0 spiro atoms. The molecular weight excluding hydrogens is 384 g/mol. The molecule has 2 aromatic rings. The van der Waals surface area contributed by atoms with Gasteiger partial charge >= 0.3 is 11.8 Å². The molecule has 0 aliphatic carbocycles. The summed E-state index contributed by atoms with van der Waals surface area (Å²) in [5.74, 6) is -1.16. The molecule has 156 valence electrons. The fraction of sp³-hybridized carbons (Fsp3) is 0.273. The van der Waals surface area contributed by atoms with Gasteiger partial charge in [0, 0.05) is 18.3 Å². The maximum absolute atomic E-state index is 12.0. The number of hydrogen-bond donors (Lipinski definition) is 3. The van der Waals surface area contributed by atoms with Gasteiger partial charge in [-0.05, 0) is 37.1 Å². The van der Waals surface area contributed by atoms with Gasteiger partial charge in [-0.15, -0.1) is 0 Å². The van der Waals surface area contributed by atoms with E-state index in [9.17, 15) is 19.6 Å². The van der Waals surface area contributed by atoms with Crippen LogP contribution in [0.2, 0.25) is 0 Å². The third-order valence-electron chi connectivity index (χ3n) is 3.94. The molecule has 30 heavy (non-hydrogen) atoms. The van der Waals surface area contributed by atoms with Crippen LogP contribution >= 0.6 is 0 Å². The average Bonchev–Trinajstić information content (AvgIpc) is 3.17. The van der Waals surface area contributed by atoms with Gasteiger partial charge in [0.25, 0.3) is 5.91 Å². The van der Waals surface area contributed by atoms with Crippen LogP contribution in [-0.4, -0.2) is 24.3 Å². The summed E-state index contributed by atoms with van der Waals surface area (Å²) in [7, 11) is 0. The Balaban J connectivity index is 1.90. The second-order valence-electron chi connectivity index (χ2n) is 7.08. The number of benzene rings is 1. The fourth-order valence-electron chi connectivity index (χ4n) is 2.32. The molecule has 0 saturated heterocycles. The molecule has 0 bridgehead atoms. The zero-order valence-corrected chi connectivity index (χ0v) is 17.1. The summed E-state index contributed by atoms with van der Waals surface area (Å²) in [6.07, 6.45) is 1.32. The SMILES string of the molecule is Cc1ccc(NC(=O)C(=O)NCc2ccc(/C=C(/C#N)C(=O)NCC(C)C)o2)cc1. The van der Waals surface area contributed by atoms with Crippen LogP contribution in [0.4, 0.5) is 5.69 Å². The van der Waals surface area contributed by atoms with Crippen LogP contribution in [0.5, 0.6) is 0 Å². The van der Waals surface area contributed by atoms with E-state index in [0.29, 0.717) is 23.8 Å². The van der Waals surface area contributed by atoms with E-state index >= 15 is 0 Å². The first-order chi connectivity index (χ1) is 14.3. The highest BCUT2D eigenvalue weighted by Gasteiger charge is 2.15. The minimum Gasteiger partial charge on any atom is -0.460 e. The number of anilines is 1. The average molecular weight is 408 g/mol. The Hall–Kier alpha value is -3.86. The quantitative estimate of drug-likeness (QED) is 0.369. The Bertz CT molecular complexity index is 981. The number of rotatable bonds is 7. The molecule has 0 atom stereocenters. The van der Waals surface area contributed by atoms with Crippen molar-refractivity contribution in [3.63, 3.8) is 0 Å². The normalized spacial score (nSPS) is 11.0. The number of hydrogen-bond acceptors (Lipinski definition) is 5. The van der Waals surface area contributed by atoms with Crippen LogP contribution in [0.1, 0.15) is 30.9 Å². The molecule has 0 aliphatic rings. The van der Waals surface area contributed by atoms with Gasteiger partial charge in [0.05, 0.1) is 6.54 Å². The van der Waals surface area contributed by atoms with Crippen LogP contribution < -0.4 is 16.0 Å². The molecule has 3 N–H and O–H groups in total. The first-order valence-electron chi connectivity index (χ1n) is 9.43. The molecule has 0 aliphatic heterocycles. The highest BCUT2D eigenvalue weighted by Crippen LogP contribution is 2.12. The number of nitrogens with zero attached hydrogens (tertiary/aromatic N) is 1. The summed E-state index contributed by atoms with van der Waals surface area (Å²) in [5, 5.41) is 16.8. The van der Waals surface area contributed by atoms with E-state index in [-0.39, 0.29) is 18.0 Å². The molecule has 0 fully saturated rings. The van der Waals surface area contributed by atoms with E-state index in [2.05, 4.69) is 16.0 Å². The van der Waals surface area contributed by atoms with Crippen LogP contribution in [0, 0.1) is 24.2 Å². The van der Waals surface area contributed by atoms with Crippen molar-refractivity contribution in [2.75, 3.05) is 11.9 Å². The summed E-state index contributed by atoms with van der Waals surface area (Å²) < 4.78 is 5.50. The van der Waals surface area contributed by atoms with Crippen molar-refractivity contribution in [3.05, 3.63) is 59.1 Å². The third-order valence-corrected chi connectivity index (χ3v) is 3.94. The van der Waals surface area contributed by atoms with Gasteiger partial charge in [-0.2, -0.15) is 5.26 Å². The fourth-order valence-corrected chi connectivity index (χ4v) is 2.32. The van der Waals surface area contributed by atoms with Crippen molar-refractivity contribution in [1.82, 2.24) is 10.6 Å². The topological polar surface area (TPSA) is 124 Å². The molecule has 0 unspecified atom stereocenters. The molecule has 1 aromatic heterocycles. The van der Waals surface area contributed by atoms with E-state index in [4.69, 9.17) is 4.42 Å². The van der Waals surface area contributed by atoms with Gasteiger partial charge in [-0.25, -0.2) is 0 Å². The molecule has 0 saturated carbocycles. The lowest BCUT2D eigenvalue weighted by Crippen LogP contribution is -2.34. The van der Waals surface area contributed by atoms with Crippen molar-refractivity contribution in [2.24, 2.45) is 5.92 Å². The van der Waals surface area contributed by atoms with Crippen LogP contribution in [0.15, 0.2) is 46.4 Å². The molecule has 3 amide bonds. The predicted molar refractivity (Wildman–Crippen MR) is 112 cm³/mol. The Kier molecular flexibility index (Phi) is 7.94. The van der Waals surface area contributed by atoms with Gasteiger partial charge in [0.2, 0.25) is 0 Å². The van der Waals surface area contributed by atoms with Crippen molar-refractivity contribution in [3.8, 4) is 6.07 Å². The van der Waals surface area contributed by atoms with Crippen molar-refractivity contribution < 1.29 is 18.8 Å². The van der Waals surface area contributed by atoms with E-state index in [0.717, 1.165) is 5.56 Å². The maximum atomic E-state index is 12.0. The summed E-state index contributed by atoms with van der Waals surface area (Å²) in [4.78, 5) is 35.9. The molecular formula is C22H24N4O4. The first-order valence-corrected chi connectivity index (χ1v) is 9.43. The number of nitrogens with one attached hydrogen (secondary N) is 3. The molecule has 0 radical (unpaired) electrons. The minimum absolute atomic E-state index is 0.0184. The van der Waals surface area contributed by atoms with Crippen molar-refractivity contribution in [2.45, 2.75) is 27.3 Å². The van der Waals surface area contributed by atoms with Gasteiger partial charge in [-0.1, -0.05) is 31.5 Å². The first kappa shape index (κ1) is 22.4. The van der Waals surface area contributed by atoms with Gasteiger partial charge in [-0.3, -0.25) is 14.4 Å². The lowest BCUT2D eigenvalue weighted by Gasteiger charge is -2.06. The smallest absolute Gasteiger partial charge is 0.313 e. The molecule has 2 rings (SSSR count). The zero-order valence-electron chi connectivity index (χ0n) is 17.1. The predicted octanol–water partition coefficient (Wildman–Crippen LogP) is 2.52. The van der Waals surface area contributed by atoms with Crippen LogP contribution in [-0.2, 0) is 20.9 Å². The van der Waals surface area contributed by atoms with E-state index in [1.807, 2.05) is 39.0 Å². The number of carbonyl (C=O) groups is 3. The second-order valence-corrected chi connectivity index (χ2v) is 7.08. The van der Waals surface area contributed by atoms with Crippen molar-refractivity contribution in [1.29, 1.82) is 5.26 Å². The molecule has 1 aromatic carbocycles. The second kappa shape index (κ2) is 10.6. The Morgan fingerprint density at radius 1 is 1.03 bits per heavy atom. The number of furan rings is 1. The number of amides is 3. The molecule has 8 heteroatoms. The largest absolute Gasteiger partial charge is 0.460 e. The van der Waals surface area contributed by atoms with E-state index < -0.39 is 17.7 Å². The molecule has 8 nitrogen and oxygen atoms in total. The lowest BCUT2D eigenvalue weighted by molar-refractivity contribution is -0.136. The van der Waals surface area contributed by atoms with Gasteiger partial charge < -0.3 is 20.4 Å². The number of nitriles is 1. The number of aryl methyl sites for hydroxylation is 1. The van der Waals surface area contributed by atoms with Crippen LogP contribution in [0.3, 0.4) is 0 Å². The number of carbonyl (C=O) groups excluding carboxylic acids is 3. The standard InChI is InChI=1S/C22H24N4O4/c1-14(2)12-24-20(27)16(11-23)10-18-8-9-19(30-18)13-25-21(28)22(29)26-17-6-4-15(3)5-7-17/h4-10,14H,12-13H2,1-3H3,(H,24,27)(H,25,28)(H,26,29)/b16-10-. The Morgan fingerprint density at radius 2 is 1.73 bits per heavy atom. The van der Waals surface area contributed by atoms with E-state index in [1.54, 1.807) is 24.3 Å². The Morgan fingerprint density at radius 3 is 2.37 bits per heavy atom. The maximum Gasteiger partial charge on any atom is 0.313 e. The highest BCUT2D eigenvalue weighted by molar-refractivity contribution is 6.39. The zero-order chi connectivity index (χ0) is 22.1. The Labute approximate surface area is 174 Å². The van der Waals surface area contributed by atoms with Crippen molar-refractivity contribution >= 4 is 29.5 Å². The lowest BCUT2D eigenvalue weighted by atomic mass is 10.2. The summed E-state index contributed by atoms with van der Waals surface area (Å²) in [6.45, 7) is 6.25. The summed E-state index contributed by atoms with van der Waals surface area (Å²) in [6, 6.07) is 12.1. The third kappa shape index (κ3) is 6.95.